The van der Waals surface area contributed by atoms with Crippen LogP contribution in [0.3, 0.4) is 0 Å². The molecule has 5 heteroatoms. The Labute approximate surface area is 79.6 Å². The lowest BCUT2D eigenvalue weighted by atomic mass is 10.2. The summed E-state index contributed by atoms with van der Waals surface area (Å²) in [5, 5.41) is 12.9. The van der Waals surface area contributed by atoms with E-state index < -0.39 is 5.82 Å². The number of hydrogen-bond donors (Lipinski definition) is 1. The maximum atomic E-state index is 13.4. The molecule has 1 aromatic heterocycles. The Morgan fingerprint density at radius 3 is 2.79 bits per heavy atom. The Balaban J connectivity index is 2.58. The Morgan fingerprint density at radius 1 is 1.43 bits per heavy atom. The molecule has 0 bridgehead atoms. The Bertz CT molecular complexity index is 467. The number of rotatable bonds is 1. The molecule has 14 heavy (non-hydrogen) atoms. The molecule has 0 saturated carbocycles. The van der Waals surface area contributed by atoms with E-state index >= 15 is 0 Å². The highest BCUT2D eigenvalue weighted by Crippen LogP contribution is 2.23. The molecule has 1 N–H and O–H groups in total. The van der Waals surface area contributed by atoms with Gasteiger partial charge in [0.15, 0.2) is 5.82 Å². The summed E-state index contributed by atoms with van der Waals surface area (Å²) >= 11 is 0. The maximum Gasteiger partial charge on any atom is 0.160 e. The highest BCUT2D eigenvalue weighted by Gasteiger charge is 2.10. The predicted molar refractivity (Wildman–Crippen MR) is 48.1 cm³/mol. The molecule has 1 aromatic carbocycles. The van der Waals surface area contributed by atoms with Crippen LogP contribution in [0.2, 0.25) is 0 Å². The van der Waals surface area contributed by atoms with Crippen molar-refractivity contribution in [3.05, 3.63) is 30.3 Å². The molecule has 0 amide bonds. The minimum atomic E-state index is -0.513. The largest absolute Gasteiger partial charge is 0.508 e. The van der Waals surface area contributed by atoms with Crippen molar-refractivity contribution in [2.24, 2.45) is 7.05 Å². The first-order chi connectivity index (χ1) is 6.68. The molecule has 0 aliphatic rings. The fraction of sp³-hybridized carbons (Fsp3) is 0.111. The van der Waals surface area contributed by atoms with Crippen LogP contribution in [0.1, 0.15) is 0 Å². The van der Waals surface area contributed by atoms with Crippen LogP contribution in [0.5, 0.6) is 5.75 Å². The van der Waals surface area contributed by atoms with E-state index in [1.54, 1.807) is 7.05 Å². The highest BCUT2D eigenvalue weighted by atomic mass is 19.1. The van der Waals surface area contributed by atoms with E-state index in [1.807, 2.05) is 0 Å². The minimum absolute atomic E-state index is 0.103. The first-order valence-electron chi connectivity index (χ1n) is 4.01. The first kappa shape index (κ1) is 8.68. The van der Waals surface area contributed by atoms with Crippen molar-refractivity contribution in [1.29, 1.82) is 0 Å². The molecule has 0 spiro atoms. The molecular weight excluding hydrogens is 185 g/mol. The van der Waals surface area contributed by atoms with E-state index in [1.165, 1.54) is 23.1 Å². The summed E-state index contributed by atoms with van der Waals surface area (Å²) < 4.78 is 14.8. The molecule has 0 fully saturated rings. The number of hydrogen-bond acceptors (Lipinski definition) is 3. The zero-order chi connectivity index (χ0) is 10.1. The zero-order valence-corrected chi connectivity index (χ0v) is 7.48. The molecule has 0 unspecified atom stereocenters. The molecule has 2 rings (SSSR count). The zero-order valence-electron chi connectivity index (χ0n) is 7.48. The van der Waals surface area contributed by atoms with Crippen LogP contribution < -0.4 is 0 Å². The summed E-state index contributed by atoms with van der Waals surface area (Å²) in [6.45, 7) is 0. The summed E-state index contributed by atoms with van der Waals surface area (Å²) in [5.74, 6) is -0.183. The van der Waals surface area contributed by atoms with Gasteiger partial charge in [0.05, 0.1) is 5.56 Å². The molecule has 0 atom stereocenters. The Morgan fingerprint density at radius 2 is 2.21 bits per heavy atom. The first-order valence-corrected chi connectivity index (χ1v) is 4.01. The van der Waals surface area contributed by atoms with Crippen LogP contribution in [-0.2, 0) is 7.05 Å². The van der Waals surface area contributed by atoms with E-state index in [-0.39, 0.29) is 5.75 Å². The quantitative estimate of drug-likeness (QED) is 0.743. The lowest BCUT2D eigenvalue weighted by Gasteiger charge is -2.02. The van der Waals surface area contributed by atoms with Gasteiger partial charge in [-0.3, -0.25) is 0 Å². The number of aromatic nitrogens is 3. The van der Waals surface area contributed by atoms with Crippen LogP contribution >= 0.6 is 0 Å². The number of benzene rings is 1. The standard InChI is InChI=1S/C9H8FN3O/c1-13-9(11-5-12-13)7-3-2-6(14)4-8(7)10/h2-5,14H,1H3. The van der Waals surface area contributed by atoms with Gasteiger partial charge in [-0.1, -0.05) is 0 Å². The highest BCUT2D eigenvalue weighted by molar-refractivity contribution is 5.57. The van der Waals surface area contributed by atoms with Crippen molar-refractivity contribution in [2.45, 2.75) is 0 Å². The van der Waals surface area contributed by atoms with Gasteiger partial charge in [-0.2, -0.15) is 5.10 Å². The van der Waals surface area contributed by atoms with Gasteiger partial charge in [-0.15, -0.1) is 0 Å². The third-order valence-corrected chi connectivity index (χ3v) is 1.90. The molecule has 2 aromatic rings. The van der Waals surface area contributed by atoms with Crippen molar-refractivity contribution < 1.29 is 9.50 Å². The second-order valence-corrected chi connectivity index (χ2v) is 2.87. The number of nitrogens with zero attached hydrogens (tertiary/aromatic N) is 3. The molecule has 1 heterocycles. The third kappa shape index (κ3) is 1.32. The number of aromatic hydroxyl groups is 1. The summed E-state index contributed by atoms with van der Waals surface area (Å²) in [4.78, 5) is 3.91. The van der Waals surface area contributed by atoms with Gasteiger partial charge in [0.25, 0.3) is 0 Å². The van der Waals surface area contributed by atoms with Crippen molar-refractivity contribution >= 4 is 0 Å². The summed E-state index contributed by atoms with van der Waals surface area (Å²) in [5.41, 5.74) is 0.322. The average Bonchev–Trinajstić information content (AvgIpc) is 2.52. The van der Waals surface area contributed by atoms with E-state index in [0.29, 0.717) is 11.4 Å². The van der Waals surface area contributed by atoms with Gasteiger partial charge in [-0.05, 0) is 12.1 Å². The smallest absolute Gasteiger partial charge is 0.160 e. The molecule has 4 nitrogen and oxygen atoms in total. The van der Waals surface area contributed by atoms with Gasteiger partial charge < -0.3 is 5.11 Å². The van der Waals surface area contributed by atoms with Gasteiger partial charge in [0.1, 0.15) is 17.9 Å². The SMILES string of the molecule is Cn1ncnc1-c1ccc(O)cc1F. The van der Waals surface area contributed by atoms with Crippen LogP contribution in [0.25, 0.3) is 11.4 Å². The van der Waals surface area contributed by atoms with Crippen LogP contribution in [0, 0.1) is 5.82 Å². The topological polar surface area (TPSA) is 50.9 Å². The third-order valence-electron chi connectivity index (χ3n) is 1.90. The number of phenolic OH excluding ortho intramolecular Hbond substituents is 1. The lowest BCUT2D eigenvalue weighted by Crippen LogP contribution is -1.96. The average molecular weight is 193 g/mol. The predicted octanol–water partition coefficient (Wildman–Crippen LogP) is 1.33. The van der Waals surface area contributed by atoms with Crippen LogP contribution in [-0.4, -0.2) is 19.9 Å². The van der Waals surface area contributed by atoms with Gasteiger partial charge in [0, 0.05) is 13.1 Å². The van der Waals surface area contributed by atoms with Crippen molar-refractivity contribution in [3.63, 3.8) is 0 Å². The molecule has 0 saturated heterocycles. The monoisotopic (exact) mass is 193 g/mol. The van der Waals surface area contributed by atoms with E-state index in [9.17, 15) is 4.39 Å². The van der Waals surface area contributed by atoms with Gasteiger partial charge in [0.2, 0.25) is 0 Å². The molecule has 0 radical (unpaired) electrons. The van der Waals surface area contributed by atoms with Crippen molar-refractivity contribution in [3.8, 4) is 17.1 Å². The number of aryl methyl sites for hydroxylation is 1. The van der Waals surface area contributed by atoms with Gasteiger partial charge in [-0.25, -0.2) is 14.1 Å². The van der Waals surface area contributed by atoms with Gasteiger partial charge >= 0.3 is 0 Å². The minimum Gasteiger partial charge on any atom is -0.508 e. The van der Waals surface area contributed by atoms with Crippen molar-refractivity contribution in [2.75, 3.05) is 0 Å². The number of phenols is 1. The molecular formula is C9H8FN3O. The van der Waals surface area contributed by atoms with Crippen LogP contribution in [0.4, 0.5) is 4.39 Å². The summed E-state index contributed by atoms with van der Waals surface area (Å²) in [7, 11) is 1.68. The second-order valence-electron chi connectivity index (χ2n) is 2.87. The summed E-state index contributed by atoms with van der Waals surface area (Å²) in [6, 6.07) is 3.92. The van der Waals surface area contributed by atoms with Crippen molar-refractivity contribution in [1.82, 2.24) is 14.8 Å². The maximum absolute atomic E-state index is 13.4. The Hall–Kier alpha value is -1.91. The van der Waals surface area contributed by atoms with E-state index in [4.69, 9.17) is 5.11 Å². The van der Waals surface area contributed by atoms with Crippen LogP contribution in [0.15, 0.2) is 24.5 Å². The Kier molecular flexibility index (Phi) is 1.92. The lowest BCUT2D eigenvalue weighted by molar-refractivity contribution is 0.469. The fourth-order valence-corrected chi connectivity index (χ4v) is 1.23. The van der Waals surface area contributed by atoms with E-state index in [2.05, 4.69) is 10.1 Å². The van der Waals surface area contributed by atoms with E-state index in [0.717, 1.165) is 6.07 Å². The number of halogens is 1. The summed E-state index contributed by atoms with van der Waals surface area (Å²) in [6.07, 6.45) is 1.35. The second kappa shape index (κ2) is 3.10. The molecule has 0 aliphatic carbocycles. The molecule has 0 aliphatic heterocycles. The molecule has 72 valence electrons. The normalized spacial score (nSPS) is 10.4. The fourth-order valence-electron chi connectivity index (χ4n) is 1.23.